The number of rotatable bonds is 0. The number of ether oxygens (including phenoxy) is 2. The minimum absolute atomic E-state index is 0.126. The summed E-state index contributed by atoms with van der Waals surface area (Å²) in [6, 6.07) is 0. The Morgan fingerprint density at radius 2 is 1.89 bits per heavy atom. The second kappa shape index (κ2) is 6.06. The van der Waals surface area contributed by atoms with Gasteiger partial charge in [0.1, 0.15) is 0 Å². The Morgan fingerprint density at radius 3 is 2.63 bits per heavy atom. The lowest BCUT2D eigenvalue weighted by atomic mass is 9.48. The third kappa shape index (κ3) is 2.50. The van der Waals surface area contributed by atoms with E-state index in [2.05, 4.69) is 33.8 Å². The van der Waals surface area contributed by atoms with Crippen molar-refractivity contribution in [2.45, 2.75) is 97.1 Å². The molecular weight excluding hydrogens is 336 g/mol. The zero-order valence-corrected chi connectivity index (χ0v) is 17.7. The van der Waals surface area contributed by atoms with Crippen LogP contribution in [-0.2, 0) is 9.47 Å². The van der Waals surface area contributed by atoms with E-state index in [1.165, 1.54) is 24.8 Å². The first-order valence-corrected chi connectivity index (χ1v) is 11.5. The van der Waals surface area contributed by atoms with Crippen LogP contribution < -0.4 is 0 Å². The predicted octanol–water partition coefficient (Wildman–Crippen LogP) is 5.08. The highest BCUT2D eigenvalue weighted by Gasteiger charge is 2.66. The standard InChI is InChI=1S/C24H38O3/c1-15-7-12-24(26-14-15)16(2)22(3)11-9-20-19(21(22)27-24)6-5-17-13-18(25)8-10-23(17,20)4/h5,15-16,18-21,25H,6-14H2,1-4H3/t15-,16+,18-,19-,20-,21-,22-,23+,24-/m1/s1. The zero-order valence-electron chi connectivity index (χ0n) is 17.7. The van der Waals surface area contributed by atoms with Crippen molar-refractivity contribution in [1.82, 2.24) is 0 Å². The first-order valence-electron chi connectivity index (χ1n) is 11.5. The van der Waals surface area contributed by atoms with Crippen LogP contribution in [0.25, 0.3) is 0 Å². The van der Waals surface area contributed by atoms with Crippen LogP contribution in [0.3, 0.4) is 0 Å². The van der Waals surface area contributed by atoms with Gasteiger partial charge in [0.15, 0.2) is 5.79 Å². The second-order valence-corrected chi connectivity index (χ2v) is 11.1. The summed E-state index contributed by atoms with van der Waals surface area (Å²) in [6.07, 6.45) is 11.6. The van der Waals surface area contributed by atoms with Gasteiger partial charge in [-0.25, -0.2) is 0 Å². The van der Waals surface area contributed by atoms with Crippen molar-refractivity contribution in [1.29, 1.82) is 0 Å². The number of aliphatic hydroxyl groups excluding tert-OH is 1. The molecule has 0 bridgehead atoms. The molecule has 0 aromatic carbocycles. The average molecular weight is 375 g/mol. The monoisotopic (exact) mass is 374 g/mol. The van der Waals surface area contributed by atoms with E-state index >= 15 is 0 Å². The largest absolute Gasteiger partial charge is 0.393 e. The number of hydrogen-bond donors (Lipinski definition) is 1. The van der Waals surface area contributed by atoms with E-state index in [-0.39, 0.29) is 22.7 Å². The molecular formula is C24H38O3. The second-order valence-electron chi connectivity index (χ2n) is 11.1. The van der Waals surface area contributed by atoms with Crippen molar-refractivity contribution in [3.8, 4) is 0 Å². The van der Waals surface area contributed by atoms with Crippen LogP contribution in [0.15, 0.2) is 11.6 Å². The van der Waals surface area contributed by atoms with Crippen LogP contribution in [0.4, 0.5) is 0 Å². The highest BCUT2D eigenvalue weighted by atomic mass is 16.7. The lowest BCUT2D eigenvalue weighted by molar-refractivity contribution is -0.276. The Kier molecular flexibility index (Phi) is 4.18. The fraction of sp³-hybridized carbons (Fsp3) is 0.917. The van der Waals surface area contributed by atoms with Crippen LogP contribution in [0.1, 0.15) is 79.1 Å². The molecule has 0 aromatic heterocycles. The van der Waals surface area contributed by atoms with Gasteiger partial charge in [0, 0.05) is 17.8 Å². The summed E-state index contributed by atoms with van der Waals surface area (Å²) in [5.41, 5.74) is 2.04. The lowest BCUT2D eigenvalue weighted by Gasteiger charge is -2.56. The van der Waals surface area contributed by atoms with E-state index in [0.29, 0.717) is 29.8 Å². The molecule has 1 spiro atoms. The Labute approximate surface area is 164 Å². The predicted molar refractivity (Wildman–Crippen MR) is 106 cm³/mol. The lowest BCUT2D eigenvalue weighted by Crippen LogP contribution is -2.52. The summed E-state index contributed by atoms with van der Waals surface area (Å²) < 4.78 is 13.4. The van der Waals surface area contributed by atoms with Crippen molar-refractivity contribution in [3.05, 3.63) is 11.6 Å². The molecule has 0 aromatic rings. The van der Waals surface area contributed by atoms with E-state index in [9.17, 15) is 5.11 Å². The molecule has 9 atom stereocenters. The van der Waals surface area contributed by atoms with Crippen molar-refractivity contribution in [2.24, 2.45) is 34.5 Å². The summed E-state index contributed by atoms with van der Waals surface area (Å²) in [4.78, 5) is 0. The van der Waals surface area contributed by atoms with Gasteiger partial charge in [-0.2, -0.15) is 0 Å². The van der Waals surface area contributed by atoms with Gasteiger partial charge in [0.2, 0.25) is 0 Å². The van der Waals surface area contributed by atoms with Crippen LogP contribution in [0.5, 0.6) is 0 Å². The molecule has 5 aliphatic rings. The Balaban J connectivity index is 1.46. The number of fused-ring (bicyclic) bond motifs is 5. The summed E-state index contributed by atoms with van der Waals surface area (Å²) in [7, 11) is 0. The SMILES string of the molecule is C[C@@H]1CC[C@@]2(OC1)O[C@@H]1[C@@H]3CC=C4C[C@H](O)CC[C@]4(C)[C@@H]3CC[C@]1(C)[C@@H]2C. The fourth-order valence-corrected chi connectivity index (χ4v) is 7.66. The van der Waals surface area contributed by atoms with Crippen molar-refractivity contribution >= 4 is 0 Å². The molecule has 3 nitrogen and oxygen atoms in total. The van der Waals surface area contributed by atoms with Crippen molar-refractivity contribution in [3.63, 3.8) is 0 Å². The van der Waals surface area contributed by atoms with Crippen LogP contribution in [0.2, 0.25) is 0 Å². The highest BCUT2D eigenvalue weighted by Crippen LogP contribution is 2.66. The summed E-state index contributed by atoms with van der Waals surface area (Å²) >= 11 is 0. The zero-order chi connectivity index (χ0) is 19.0. The molecule has 2 saturated heterocycles. The molecule has 0 unspecified atom stereocenters. The minimum Gasteiger partial charge on any atom is -0.393 e. The number of aliphatic hydroxyl groups is 1. The molecule has 27 heavy (non-hydrogen) atoms. The van der Waals surface area contributed by atoms with Crippen molar-refractivity contribution in [2.75, 3.05) is 6.61 Å². The molecule has 2 aliphatic heterocycles. The third-order valence-corrected chi connectivity index (χ3v) is 9.76. The van der Waals surface area contributed by atoms with Gasteiger partial charge < -0.3 is 14.6 Å². The van der Waals surface area contributed by atoms with E-state index < -0.39 is 0 Å². The van der Waals surface area contributed by atoms with E-state index in [1.807, 2.05) is 0 Å². The molecule has 5 rings (SSSR count). The minimum atomic E-state index is -0.339. The van der Waals surface area contributed by atoms with Crippen molar-refractivity contribution < 1.29 is 14.6 Å². The molecule has 4 fully saturated rings. The first-order chi connectivity index (χ1) is 12.8. The van der Waals surface area contributed by atoms with Gasteiger partial charge in [-0.15, -0.1) is 0 Å². The van der Waals surface area contributed by atoms with E-state index in [4.69, 9.17) is 9.47 Å². The maximum atomic E-state index is 10.2. The number of hydrogen-bond acceptors (Lipinski definition) is 3. The van der Waals surface area contributed by atoms with E-state index in [0.717, 1.165) is 38.7 Å². The molecule has 3 aliphatic carbocycles. The smallest absolute Gasteiger partial charge is 0.171 e. The average Bonchev–Trinajstić information content (AvgIpc) is 2.87. The Morgan fingerprint density at radius 1 is 1.07 bits per heavy atom. The van der Waals surface area contributed by atoms with Gasteiger partial charge in [0.25, 0.3) is 0 Å². The number of allylic oxidation sites excluding steroid dienone is 1. The topological polar surface area (TPSA) is 38.7 Å². The Bertz CT molecular complexity index is 634. The maximum Gasteiger partial charge on any atom is 0.171 e. The molecule has 0 amide bonds. The summed E-state index contributed by atoms with van der Waals surface area (Å²) in [5.74, 6) is 2.09. The quantitative estimate of drug-likeness (QED) is 0.601. The van der Waals surface area contributed by atoms with Crippen LogP contribution >= 0.6 is 0 Å². The highest BCUT2D eigenvalue weighted by molar-refractivity contribution is 5.26. The van der Waals surface area contributed by atoms with Crippen LogP contribution in [-0.4, -0.2) is 29.7 Å². The molecule has 1 N–H and O–H groups in total. The fourth-order valence-electron chi connectivity index (χ4n) is 7.66. The normalized spacial score (nSPS) is 57.6. The van der Waals surface area contributed by atoms with Gasteiger partial charge in [-0.1, -0.05) is 39.3 Å². The van der Waals surface area contributed by atoms with E-state index in [1.54, 1.807) is 0 Å². The van der Waals surface area contributed by atoms with Gasteiger partial charge >= 0.3 is 0 Å². The third-order valence-electron chi connectivity index (χ3n) is 9.76. The molecule has 2 heterocycles. The van der Waals surface area contributed by atoms with Gasteiger partial charge in [0.05, 0.1) is 18.8 Å². The summed E-state index contributed by atoms with van der Waals surface area (Å²) in [6.45, 7) is 10.5. The molecule has 152 valence electrons. The van der Waals surface area contributed by atoms with Gasteiger partial charge in [-0.3, -0.25) is 0 Å². The Hall–Kier alpha value is -0.380. The summed E-state index contributed by atoms with van der Waals surface area (Å²) in [5, 5.41) is 10.2. The molecule has 2 saturated carbocycles. The molecule has 3 heteroatoms. The van der Waals surface area contributed by atoms with Crippen LogP contribution in [0, 0.1) is 34.5 Å². The van der Waals surface area contributed by atoms with Gasteiger partial charge in [-0.05, 0) is 68.1 Å². The molecule has 0 radical (unpaired) electrons. The first kappa shape index (κ1) is 18.6. The maximum absolute atomic E-state index is 10.2.